The number of carbonyl (C=O) groups is 1. The molecule has 3 rings (SSSR count). The molecule has 1 aromatic carbocycles. The molecule has 27 heavy (non-hydrogen) atoms. The molecule has 0 bridgehead atoms. The molecule has 9 heteroatoms. The van der Waals surface area contributed by atoms with Gasteiger partial charge >= 0.3 is 0 Å². The van der Waals surface area contributed by atoms with Crippen molar-refractivity contribution in [2.24, 2.45) is 5.92 Å². The van der Waals surface area contributed by atoms with E-state index in [0.29, 0.717) is 29.2 Å². The summed E-state index contributed by atoms with van der Waals surface area (Å²) in [5.41, 5.74) is 1.32. The second-order valence-electron chi connectivity index (χ2n) is 7.03. The third kappa shape index (κ3) is 4.59. The number of rotatable bonds is 5. The fraction of sp³-hybridized carbons (Fsp3) is 0.444. The third-order valence-electron chi connectivity index (χ3n) is 4.44. The second kappa shape index (κ2) is 8.12. The highest BCUT2D eigenvalue weighted by Crippen LogP contribution is 2.21. The van der Waals surface area contributed by atoms with Crippen molar-refractivity contribution < 1.29 is 13.2 Å². The van der Waals surface area contributed by atoms with Crippen LogP contribution in [-0.2, 0) is 16.4 Å². The molecule has 2 heterocycles. The summed E-state index contributed by atoms with van der Waals surface area (Å²) in [5, 5.41) is 7.02. The van der Waals surface area contributed by atoms with Crippen molar-refractivity contribution in [3.63, 3.8) is 0 Å². The Bertz CT molecular complexity index is 918. The Kier molecular flexibility index (Phi) is 6.02. The molecule has 7 nitrogen and oxygen atoms in total. The van der Waals surface area contributed by atoms with E-state index in [2.05, 4.69) is 40.0 Å². The van der Waals surface area contributed by atoms with Crippen molar-refractivity contribution in [1.29, 1.82) is 0 Å². The van der Waals surface area contributed by atoms with E-state index in [1.54, 1.807) is 35.2 Å². The van der Waals surface area contributed by atoms with Crippen molar-refractivity contribution in [3.05, 3.63) is 46.2 Å². The molecule has 1 amide bonds. The van der Waals surface area contributed by atoms with Gasteiger partial charge < -0.3 is 4.90 Å². The maximum absolute atomic E-state index is 12.8. The van der Waals surface area contributed by atoms with Crippen molar-refractivity contribution in [2.45, 2.75) is 25.2 Å². The largest absolute Gasteiger partial charge is 0.335 e. The molecule has 0 atom stereocenters. The third-order valence-corrected chi connectivity index (χ3v) is 6.83. The van der Waals surface area contributed by atoms with Crippen LogP contribution in [0.3, 0.4) is 0 Å². The topological polar surface area (TPSA) is 86.4 Å². The minimum Gasteiger partial charge on any atom is -0.335 e. The van der Waals surface area contributed by atoms with Gasteiger partial charge in [-0.25, -0.2) is 8.42 Å². The summed E-state index contributed by atoms with van der Waals surface area (Å²) in [6.45, 7) is 5.44. The predicted molar refractivity (Wildman–Crippen MR) is 106 cm³/mol. The Hall–Kier alpha value is -1.71. The number of carbonyl (C=O) groups excluding carboxylic acids is 1. The molecule has 1 aliphatic heterocycles. The summed E-state index contributed by atoms with van der Waals surface area (Å²) in [5.74, 6) is 0.306. The minimum atomic E-state index is -3.56. The molecule has 2 aromatic rings. The number of H-pyrrole nitrogens is 1. The molecule has 1 saturated heterocycles. The van der Waals surface area contributed by atoms with Crippen LogP contribution in [0.5, 0.6) is 0 Å². The summed E-state index contributed by atoms with van der Waals surface area (Å²) >= 11 is 3.30. The first kappa shape index (κ1) is 20.0. The molecule has 0 spiro atoms. The average molecular weight is 455 g/mol. The molecule has 0 saturated carbocycles. The lowest BCUT2D eigenvalue weighted by Crippen LogP contribution is -2.50. The van der Waals surface area contributed by atoms with E-state index in [1.807, 2.05) is 0 Å². The van der Waals surface area contributed by atoms with Gasteiger partial charge in [-0.15, -0.1) is 0 Å². The van der Waals surface area contributed by atoms with Crippen LogP contribution in [-0.4, -0.2) is 59.9 Å². The summed E-state index contributed by atoms with van der Waals surface area (Å²) in [6, 6.07) is 8.44. The van der Waals surface area contributed by atoms with Crippen molar-refractivity contribution in [1.82, 2.24) is 19.4 Å². The number of hydrogen-bond donors (Lipinski definition) is 1. The normalized spacial score (nSPS) is 16.1. The van der Waals surface area contributed by atoms with Crippen molar-refractivity contribution in [2.75, 3.05) is 26.2 Å². The fourth-order valence-electron chi connectivity index (χ4n) is 3.09. The Balaban J connectivity index is 1.64. The van der Waals surface area contributed by atoms with Gasteiger partial charge in [0.1, 0.15) is 5.69 Å². The lowest BCUT2D eigenvalue weighted by molar-refractivity contribution is 0.0692. The van der Waals surface area contributed by atoms with Crippen LogP contribution in [0.15, 0.2) is 39.7 Å². The number of nitrogens with zero attached hydrogens (tertiary/aromatic N) is 3. The van der Waals surface area contributed by atoms with Crippen LogP contribution in [0, 0.1) is 5.92 Å². The molecule has 146 valence electrons. The highest BCUT2D eigenvalue weighted by Gasteiger charge is 2.31. The molecular formula is C18H23BrN4O3S. The average Bonchev–Trinajstić information content (AvgIpc) is 3.09. The number of benzene rings is 1. The number of sulfonamides is 1. The van der Waals surface area contributed by atoms with Crippen LogP contribution in [0.25, 0.3) is 0 Å². The van der Waals surface area contributed by atoms with Gasteiger partial charge in [-0.05, 0) is 36.6 Å². The van der Waals surface area contributed by atoms with Crippen LogP contribution in [0.2, 0.25) is 0 Å². The van der Waals surface area contributed by atoms with E-state index < -0.39 is 10.0 Å². The van der Waals surface area contributed by atoms with E-state index in [0.717, 1.165) is 12.1 Å². The Morgan fingerprint density at radius 3 is 2.56 bits per heavy atom. The van der Waals surface area contributed by atoms with Gasteiger partial charge in [-0.2, -0.15) is 9.40 Å². The Labute approximate surface area is 167 Å². The highest BCUT2D eigenvalue weighted by molar-refractivity contribution is 9.10. The van der Waals surface area contributed by atoms with Crippen molar-refractivity contribution in [3.8, 4) is 0 Å². The van der Waals surface area contributed by atoms with Gasteiger partial charge in [-0.1, -0.05) is 35.8 Å². The zero-order valence-corrected chi connectivity index (χ0v) is 17.8. The lowest BCUT2D eigenvalue weighted by Gasteiger charge is -2.33. The van der Waals surface area contributed by atoms with Gasteiger partial charge in [0.2, 0.25) is 10.0 Å². The number of amides is 1. The quantitative estimate of drug-likeness (QED) is 0.751. The predicted octanol–water partition coefficient (Wildman–Crippen LogP) is 2.52. The maximum atomic E-state index is 12.8. The van der Waals surface area contributed by atoms with Gasteiger partial charge in [-0.3, -0.25) is 9.89 Å². The van der Waals surface area contributed by atoms with E-state index in [9.17, 15) is 13.2 Å². The van der Waals surface area contributed by atoms with E-state index in [1.165, 1.54) is 4.31 Å². The molecule has 0 radical (unpaired) electrons. The number of aromatic amines is 1. The Morgan fingerprint density at radius 1 is 1.22 bits per heavy atom. The van der Waals surface area contributed by atoms with Crippen LogP contribution in [0.1, 0.15) is 30.0 Å². The monoisotopic (exact) mass is 454 g/mol. The molecule has 0 aliphatic carbocycles. The molecule has 1 N–H and O–H groups in total. The maximum Gasteiger partial charge on any atom is 0.274 e. The minimum absolute atomic E-state index is 0.166. The number of nitrogens with one attached hydrogen (secondary N) is 1. The smallest absolute Gasteiger partial charge is 0.274 e. The summed E-state index contributed by atoms with van der Waals surface area (Å²) in [6.07, 6.45) is 0.832. The molecule has 0 unspecified atom stereocenters. The van der Waals surface area contributed by atoms with Crippen LogP contribution < -0.4 is 0 Å². The molecule has 1 fully saturated rings. The Morgan fingerprint density at radius 2 is 1.93 bits per heavy atom. The summed E-state index contributed by atoms with van der Waals surface area (Å²) < 4.78 is 27.7. The van der Waals surface area contributed by atoms with E-state index in [-0.39, 0.29) is 23.9 Å². The van der Waals surface area contributed by atoms with E-state index in [4.69, 9.17) is 0 Å². The van der Waals surface area contributed by atoms with Crippen molar-refractivity contribution >= 4 is 31.9 Å². The molecule has 1 aromatic heterocycles. The zero-order valence-electron chi connectivity index (χ0n) is 15.4. The van der Waals surface area contributed by atoms with Crippen LogP contribution >= 0.6 is 15.9 Å². The number of aromatic nitrogens is 2. The fourth-order valence-corrected chi connectivity index (χ4v) is 5.10. The SMILES string of the molecule is CC(C)Cc1cc(C(=O)N2CCN(S(=O)(=O)c3cccc(Br)c3)CC2)n[nH]1. The zero-order chi connectivity index (χ0) is 19.6. The standard InChI is InChI=1S/C18H23BrN4O3S/c1-13(2)10-15-12-17(21-20-15)18(24)22-6-8-23(9-7-22)27(25,26)16-5-3-4-14(19)11-16/h3-5,11-13H,6-10H2,1-2H3,(H,20,21). The van der Waals surface area contributed by atoms with Crippen LogP contribution in [0.4, 0.5) is 0 Å². The first-order valence-corrected chi connectivity index (χ1v) is 11.1. The molecule has 1 aliphatic rings. The molecular weight excluding hydrogens is 432 g/mol. The van der Waals surface area contributed by atoms with Gasteiger partial charge in [0.05, 0.1) is 4.90 Å². The number of piperazine rings is 1. The number of hydrogen-bond acceptors (Lipinski definition) is 4. The van der Waals surface area contributed by atoms with Gasteiger partial charge in [0, 0.05) is 36.3 Å². The first-order valence-electron chi connectivity index (χ1n) is 8.86. The summed E-state index contributed by atoms with van der Waals surface area (Å²) in [7, 11) is -3.56. The van der Waals surface area contributed by atoms with E-state index >= 15 is 0 Å². The highest BCUT2D eigenvalue weighted by atomic mass is 79.9. The lowest BCUT2D eigenvalue weighted by atomic mass is 10.1. The first-order chi connectivity index (χ1) is 12.8. The second-order valence-corrected chi connectivity index (χ2v) is 9.88. The number of halogens is 1. The van der Waals surface area contributed by atoms with Gasteiger partial charge in [0.15, 0.2) is 0 Å². The summed E-state index contributed by atoms with van der Waals surface area (Å²) in [4.78, 5) is 14.5. The van der Waals surface area contributed by atoms with Gasteiger partial charge in [0.25, 0.3) is 5.91 Å².